The van der Waals surface area contributed by atoms with Gasteiger partial charge in [-0.3, -0.25) is 9.59 Å². The molecule has 2 saturated heterocycles. The summed E-state index contributed by atoms with van der Waals surface area (Å²) in [5.41, 5.74) is 0. The van der Waals surface area contributed by atoms with Gasteiger partial charge in [0.2, 0.25) is 0 Å². The van der Waals surface area contributed by atoms with E-state index in [2.05, 4.69) is 13.8 Å². The summed E-state index contributed by atoms with van der Waals surface area (Å²) in [4.78, 5) is 24.6. The molecule has 0 aromatic rings. The number of aliphatic hydroxyl groups is 5. The molecule has 0 aromatic carbocycles. The van der Waals surface area contributed by atoms with Gasteiger partial charge in [0, 0.05) is 0 Å². The lowest BCUT2D eigenvalue weighted by Gasteiger charge is -2.46. The van der Waals surface area contributed by atoms with Gasteiger partial charge >= 0.3 is 11.9 Å². The molecular weight excluding hydrogens is 592 g/mol. The molecule has 13 nitrogen and oxygen atoms in total. The highest BCUT2D eigenvalue weighted by Crippen LogP contribution is 2.31. The Bertz CT molecular complexity index is 844. The summed E-state index contributed by atoms with van der Waals surface area (Å²) in [6.45, 7) is 7.24. The number of rotatable bonds is 21. The minimum absolute atomic E-state index is 0.205. The van der Waals surface area contributed by atoms with Crippen LogP contribution in [0.5, 0.6) is 0 Å². The van der Waals surface area contributed by atoms with Crippen LogP contribution in [-0.2, 0) is 33.3 Å². The van der Waals surface area contributed by atoms with Gasteiger partial charge in [-0.15, -0.1) is 0 Å². The van der Waals surface area contributed by atoms with E-state index in [9.17, 15) is 40.2 Å². The number of unbranched alkanes of at least 4 members (excludes halogenated alkanes) is 8. The molecule has 0 unspecified atom stereocenters. The van der Waals surface area contributed by atoms with E-state index < -0.39 is 85.6 Å². The number of hydrogen-bond donors (Lipinski definition) is 6. The Morgan fingerprint density at radius 3 is 1.71 bits per heavy atom. The van der Waals surface area contributed by atoms with E-state index >= 15 is 0 Å². The summed E-state index contributed by atoms with van der Waals surface area (Å²) in [5, 5.41) is 61.7. The fourth-order valence-corrected chi connectivity index (χ4v) is 5.71. The molecule has 45 heavy (non-hydrogen) atoms. The lowest BCUT2D eigenvalue weighted by Crippen LogP contribution is -2.63. The third-order valence-electron chi connectivity index (χ3n) is 8.56. The van der Waals surface area contributed by atoms with Gasteiger partial charge in [-0.1, -0.05) is 71.6 Å². The number of carbonyl (C=O) groups is 2. The quantitative estimate of drug-likeness (QED) is 0.0782. The van der Waals surface area contributed by atoms with Crippen LogP contribution in [0.2, 0.25) is 0 Å². The minimum Gasteiger partial charge on any atom is -0.481 e. The van der Waals surface area contributed by atoms with Crippen molar-refractivity contribution in [2.75, 3.05) is 0 Å². The first-order chi connectivity index (χ1) is 21.4. The number of aliphatic hydroxyl groups excluding tert-OH is 5. The number of esters is 1. The molecule has 6 N–H and O–H groups in total. The molecular formula is C32H58O13. The second-order valence-corrected chi connectivity index (χ2v) is 12.6. The Morgan fingerprint density at radius 1 is 0.644 bits per heavy atom. The number of carboxylic acid groups (broad SMARTS) is 1. The van der Waals surface area contributed by atoms with Crippen LogP contribution in [0.4, 0.5) is 0 Å². The molecule has 2 aliphatic heterocycles. The van der Waals surface area contributed by atoms with Crippen LogP contribution in [0.25, 0.3) is 0 Å². The standard InChI is InChI=1S/C32H58O13/c1-5-7-9-11-13-15-21(17-23(33)34)43-24(35)18-22(16-14-12-10-8-6-2)44-32-30(28(39)26(37)20(4)42-32)45-31-29(40)27(38)25(36)19(3)41-31/h19-22,25-32,36-40H,5-18H2,1-4H3,(H,33,34)/t19-,20-,21-,22-,25+,26+,27+,28+,29+,30+,31+,32+/m0/s1. The molecule has 2 aliphatic rings. The lowest BCUT2D eigenvalue weighted by molar-refractivity contribution is -0.366. The average Bonchev–Trinajstić information content (AvgIpc) is 2.98. The molecule has 0 spiro atoms. The fraction of sp³-hybridized carbons (Fsp3) is 0.938. The van der Waals surface area contributed by atoms with E-state index in [1.54, 1.807) is 6.92 Å². The fourth-order valence-electron chi connectivity index (χ4n) is 5.71. The van der Waals surface area contributed by atoms with E-state index in [1.807, 2.05) is 0 Å². The van der Waals surface area contributed by atoms with Crippen molar-refractivity contribution in [1.29, 1.82) is 0 Å². The summed E-state index contributed by atoms with van der Waals surface area (Å²) in [5.74, 6) is -1.67. The van der Waals surface area contributed by atoms with Gasteiger partial charge in [0.25, 0.3) is 0 Å². The number of carbonyl (C=O) groups excluding carboxylic acids is 1. The van der Waals surface area contributed by atoms with Gasteiger partial charge in [0.15, 0.2) is 12.6 Å². The molecule has 0 amide bonds. The Morgan fingerprint density at radius 2 is 1.16 bits per heavy atom. The van der Waals surface area contributed by atoms with Crippen molar-refractivity contribution in [3.05, 3.63) is 0 Å². The van der Waals surface area contributed by atoms with Crippen LogP contribution in [0.15, 0.2) is 0 Å². The number of hydrogen-bond acceptors (Lipinski definition) is 12. The lowest BCUT2D eigenvalue weighted by atomic mass is 9.97. The molecule has 2 rings (SSSR count). The molecule has 264 valence electrons. The molecule has 2 fully saturated rings. The monoisotopic (exact) mass is 650 g/mol. The highest BCUT2D eigenvalue weighted by atomic mass is 16.8. The van der Waals surface area contributed by atoms with E-state index in [-0.39, 0.29) is 12.8 Å². The van der Waals surface area contributed by atoms with Crippen molar-refractivity contribution in [2.24, 2.45) is 0 Å². The minimum atomic E-state index is -1.67. The third kappa shape index (κ3) is 13.3. The van der Waals surface area contributed by atoms with Crippen molar-refractivity contribution in [2.45, 2.75) is 191 Å². The van der Waals surface area contributed by atoms with Crippen molar-refractivity contribution >= 4 is 11.9 Å². The molecule has 13 heteroatoms. The highest BCUT2D eigenvalue weighted by molar-refractivity contribution is 5.72. The van der Waals surface area contributed by atoms with Gasteiger partial charge in [0.1, 0.15) is 42.7 Å². The van der Waals surface area contributed by atoms with Gasteiger partial charge in [0.05, 0.1) is 31.2 Å². The average molecular weight is 651 g/mol. The molecule has 0 bridgehead atoms. The zero-order chi connectivity index (χ0) is 33.5. The van der Waals surface area contributed by atoms with Crippen molar-refractivity contribution in [3.63, 3.8) is 0 Å². The molecule has 0 saturated carbocycles. The highest BCUT2D eigenvalue weighted by Gasteiger charge is 2.50. The SMILES string of the molecule is CCCCCCC[C@@H](CC(=O)O)OC(=O)C[C@H](CCCCCCC)O[C@H]1O[C@@H](C)[C@@H](O)[C@@H](O)[C@H]1O[C@H]1O[C@@H](C)[C@@H](O)[C@@H](O)[C@H]1O. The van der Waals surface area contributed by atoms with Crippen molar-refractivity contribution < 1.29 is 63.9 Å². The maximum Gasteiger partial charge on any atom is 0.308 e. The second kappa shape index (κ2) is 20.7. The van der Waals surface area contributed by atoms with Gasteiger partial charge in [-0.05, 0) is 33.1 Å². The van der Waals surface area contributed by atoms with Crippen LogP contribution in [0.3, 0.4) is 0 Å². The van der Waals surface area contributed by atoms with E-state index in [4.69, 9.17) is 23.7 Å². The first-order valence-electron chi connectivity index (χ1n) is 16.8. The van der Waals surface area contributed by atoms with Crippen LogP contribution in [0.1, 0.15) is 118 Å². The van der Waals surface area contributed by atoms with Crippen LogP contribution in [0, 0.1) is 0 Å². The largest absolute Gasteiger partial charge is 0.481 e. The zero-order valence-corrected chi connectivity index (χ0v) is 27.4. The molecule has 2 heterocycles. The predicted molar refractivity (Wildman–Crippen MR) is 162 cm³/mol. The first kappa shape index (κ1) is 39.8. The maximum absolute atomic E-state index is 13.1. The maximum atomic E-state index is 13.1. The van der Waals surface area contributed by atoms with Gasteiger partial charge < -0.3 is 54.3 Å². The predicted octanol–water partition coefficient (Wildman–Crippen LogP) is 2.55. The van der Waals surface area contributed by atoms with E-state index in [0.717, 1.165) is 64.2 Å². The van der Waals surface area contributed by atoms with E-state index in [0.29, 0.717) is 12.8 Å². The van der Waals surface area contributed by atoms with Crippen LogP contribution < -0.4 is 0 Å². The number of aliphatic carboxylic acids is 1. The zero-order valence-electron chi connectivity index (χ0n) is 27.4. The second-order valence-electron chi connectivity index (χ2n) is 12.6. The summed E-state index contributed by atoms with van der Waals surface area (Å²) in [6, 6.07) is 0. The van der Waals surface area contributed by atoms with Crippen molar-refractivity contribution in [1.82, 2.24) is 0 Å². The van der Waals surface area contributed by atoms with Crippen LogP contribution in [-0.4, -0.2) is 116 Å². The third-order valence-corrected chi connectivity index (χ3v) is 8.56. The first-order valence-corrected chi connectivity index (χ1v) is 16.8. The summed E-state index contributed by atoms with van der Waals surface area (Å²) in [6.07, 6.45) is -5.07. The van der Waals surface area contributed by atoms with Gasteiger partial charge in [-0.25, -0.2) is 0 Å². The summed E-state index contributed by atoms with van der Waals surface area (Å²) < 4.78 is 29.1. The van der Waals surface area contributed by atoms with Crippen molar-refractivity contribution in [3.8, 4) is 0 Å². The van der Waals surface area contributed by atoms with Gasteiger partial charge in [-0.2, -0.15) is 0 Å². The topological polar surface area (TPSA) is 202 Å². The Hall–Kier alpha value is -1.42. The van der Waals surface area contributed by atoms with E-state index in [1.165, 1.54) is 6.92 Å². The smallest absolute Gasteiger partial charge is 0.308 e. The molecule has 0 aromatic heterocycles. The van der Waals surface area contributed by atoms with Crippen LogP contribution >= 0.6 is 0 Å². The Kier molecular flexibility index (Phi) is 18.3. The summed E-state index contributed by atoms with van der Waals surface area (Å²) in [7, 11) is 0. The number of ether oxygens (including phenoxy) is 5. The normalized spacial score (nSPS) is 33.4. The Labute approximate surface area is 267 Å². The molecule has 12 atom stereocenters. The molecule has 0 aliphatic carbocycles. The number of carboxylic acids is 1. The Balaban J connectivity index is 2.16. The molecule has 0 radical (unpaired) electrons. The summed E-state index contributed by atoms with van der Waals surface area (Å²) >= 11 is 0.